The molecule has 2 rings (SSSR count). The molecule has 16 heavy (non-hydrogen) atoms. The van der Waals surface area contributed by atoms with Gasteiger partial charge in [-0.15, -0.1) is 5.10 Å². The zero-order chi connectivity index (χ0) is 11.2. The van der Waals surface area contributed by atoms with Crippen molar-refractivity contribution in [2.75, 3.05) is 11.9 Å². The predicted molar refractivity (Wildman–Crippen MR) is 61.4 cm³/mol. The molecule has 0 fully saturated rings. The average Bonchev–Trinajstić information content (AvgIpc) is 2.75. The molecule has 2 N–H and O–H groups in total. The summed E-state index contributed by atoms with van der Waals surface area (Å²) in [5.41, 5.74) is 0.932. The molecule has 5 heteroatoms. The van der Waals surface area contributed by atoms with Crippen LogP contribution in [0.1, 0.15) is 12.8 Å². The van der Waals surface area contributed by atoms with Gasteiger partial charge in [-0.2, -0.15) is 0 Å². The topological polar surface area (TPSA) is 63.0 Å². The maximum atomic E-state index is 5.39. The number of hydrogen-bond acceptors (Lipinski definition) is 5. The molecule has 0 spiro atoms. The van der Waals surface area contributed by atoms with Gasteiger partial charge < -0.3 is 15.1 Å². The molecule has 1 aromatic heterocycles. The molecule has 0 atom stereocenters. The van der Waals surface area contributed by atoms with Gasteiger partial charge in [0.15, 0.2) is 0 Å². The maximum Gasteiger partial charge on any atom is 0.320 e. The monoisotopic (exact) mass is 218 g/mol. The molecule has 1 aromatic carbocycles. The number of aromatic nitrogens is 2. The molecule has 0 radical (unpaired) electrons. The van der Waals surface area contributed by atoms with Crippen LogP contribution >= 0.6 is 0 Å². The smallest absolute Gasteiger partial charge is 0.320 e. The van der Waals surface area contributed by atoms with Gasteiger partial charge in [0.05, 0.1) is 6.54 Å². The van der Waals surface area contributed by atoms with Crippen molar-refractivity contribution in [3.63, 3.8) is 0 Å². The first-order chi connectivity index (χ1) is 7.88. The Balaban J connectivity index is 1.97. The highest BCUT2D eigenvalue weighted by molar-refractivity contribution is 5.50. The first-order valence-electron chi connectivity index (χ1n) is 5.23. The largest absolute Gasteiger partial charge is 0.406 e. The van der Waals surface area contributed by atoms with Crippen molar-refractivity contribution in [2.45, 2.75) is 13.5 Å². The van der Waals surface area contributed by atoms with Gasteiger partial charge in [0, 0.05) is 5.69 Å². The van der Waals surface area contributed by atoms with Crippen LogP contribution in [0.3, 0.4) is 0 Å². The van der Waals surface area contributed by atoms with Crippen molar-refractivity contribution >= 4 is 11.7 Å². The van der Waals surface area contributed by atoms with E-state index >= 15 is 0 Å². The lowest BCUT2D eigenvalue weighted by Gasteiger charge is -1.99. The lowest BCUT2D eigenvalue weighted by Crippen LogP contribution is -2.11. The summed E-state index contributed by atoms with van der Waals surface area (Å²) in [6.07, 6.45) is 0. The number of nitrogens with one attached hydrogen (secondary N) is 2. The van der Waals surface area contributed by atoms with Crippen LogP contribution < -0.4 is 10.6 Å². The highest BCUT2D eigenvalue weighted by Gasteiger charge is 2.04. The molecule has 0 amide bonds. The molecule has 2 aromatic rings. The second kappa shape index (κ2) is 5.27. The van der Waals surface area contributed by atoms with Crippen LogP contribution in [0.15, 0.2) is 34.7 Å². The molecular weight excluding hydrogens is 204 g/mol. The Morgan fingerprint density at radius 1 is 1.19 bits per heavy atom. The Morgan fingerprint density at radius 2 is 2.00 bits per heavy atom. The molecular formula is C11H14N4O. The van der Waals surface area contributed by atoms with Crippen molar-refractivity contribution in [1.82, 2.24) is 15.5 Å². The highest BCUT2D eigenvalue weighted by Crippen LogP contribution is 2.13. The normalized spacial score (nSPS) is 10.3. The Kier molecular flexibility index (Phi) is 3.50. The van der Waals surface area contributed by atoms with Gasteiger partial charge in [0.25, 0.3) is 0 Å². The summed E-state index contributed by atoms with van der Waals surface area (Å²) in [6.45, 7) is 3.50. The molecule has 0 aliphatic rings. The quantitative estimate of drug-likeness (QED) is 0.802. The lowest BCUT2D eigenvalue weighted by molar-refractivity contribution is 0.484. The minimum atomic E-state index is 0.416. The van der Waals surface area contributed by atoms with E-state index in [1.54, 1.807) is 0 Å². The van der Waals surface area contributed by atoms with Gasteiger partial charge >= 0.3 is 6.01 Å². The molecule has 0 aliphatic carbocycles. The maximum absolute atomic E-state index is 5.39. The zero-order valence-corrected chi connectivity index (χ0v) is 9.10. The number of benzene rings is 1. The van der Waals surface area contributed by atoms with E-state index in [-0.39, 0.29) is 0 Å². The van der Waals surface area contributed by atoms with Gasteiger partial charge in [-0.3, -0.25) is 0 Å². The first kappa shape index (κ1) is 10.6. The Bertz CT molecular complexity index is 427. The van der Waals surface area contributed by atoms with Crippen LogP contribution in [-0.2, 0) is 6.54 Å². The van der Waals surface area contributed by atoms with Crippen LogP contribution in [0.2, 0.25) is 0 Å². The zero-order valence-electron chi connectivity index (χ0n) is 9.10. The summed E-state index contributed by atoms with van der Waals surface area (Å²) in [7, 11) is 0. The summed E-state index contributed by atoms with van der Waals surface area (Å²) in [4.78, 5) is 0. The standard InChI is InChI=1S/C11H14N4O/c1-2-12-8-10-14-15-11(16-10)13-9-6-4-3-5-7-9/h3-7,12H,2,8H2,1H3,(H,13,15). The van der Waals surface area contributed by atoms with Crippen LogP contribution in [-0.4, -0.2) is 16.7 Å². The molecule has 1 heterocycles. The fraction of sp³-hybridized carbons (Fsp3) is 0.273. The van der Waals surface area contributed by atoms with Crippen LogP contribution in [0.25, 0.3) is 0 Å². The van der Waals surface area contributed by atoms with Crippen molar-refractivity contribution < 1.29 is 4.42 Å². The molecule has 84 valence electrons. The van der Waals surface area contributed by atoms with E-state index < -0.39 is 0 Å². The van der Waals surface area contributed by atoms with Gasteiger partial charge in [0.2, 0.25) is 5.89 Å². The van der Waals surface area contributed by atoms with E-state index in [0.29, 0.717) is 18.5 Å². The van der Waals surface area contributed by atoms with E-state index in [1.165, 1.54) is 0 Å². The van der Waals surface area contributed by atoms with Crippen LogP contribution in [0, 0.1) is 0 Å². The Hall–Kier alpha value is -1.88. The summed E-state index contributed by atoms with van der Waals surface area (Å²) >= 11 is 0. The summed E-state index contributed by atoms with van der Waals surface area (Å²) in [6, 6.07) is 10.1. The van der Waals surface area contributed by atoms with Crippen LogP contribution in [0.4, 0.5) is 11.7 Å². The number of hydrogen-bond donors (Lipinski definition) is 2. The Morgan fingerprint density at radius 3 is 2.75 bits per heavy atom. The van der Waals surface area contributed by atoms with E-state index in [2.05, 4.69) is 20.8 Å². The second-order valence-electron chi connectivity index (χ2n) is 3.27. The highest BCUT2D eigenvalue weighted by atomic mass is 16.4. The minimum absolute atomic E-state index is 0.416. The summed E-state index contributed by atoms with van der Waals surface area (Å²) in [5.74, 6) is 0.584. The van der Waals surface area contributed by atoms with Gasteiger partial charge in [0.1, 0.15) is 0 Å². The van der Waals surface area contributed by atoms with Crippen molar-refractivity contribution in [3.8, 4) is 0 Å². The molecule has 0 saturated heterocycles. The first-order valence-corrected chi connectivity index (χ1v) is 5.23. The third-order valence-electron chi connectivity index (χ3n) is 2.02. The minimum Gasteiger partial charge on any atom is -0.406 e. The molecule has 0 saturated carbocycles. The summed E-state index contributed by atoms with van der Waals surface area (Å²) in [5, 5.41) is 14.0. The van der Waals surface area contributed by atoms with Crippen molar-refractivity contribution in [3.05, 3.63) is 36.2 Å². The molecule has 0 aliphatic heterocycles. The third-order valence-corrected chi connectivity index (χ3v) is 2.02. The van der Waals surface area contributed by atoms with E-state index in [1.807, 2.05) is 37.3 Å². The van der Waals surface area contributed by atoms with Gasteiger partial charge in [-0.1, -0.05) is 30.2 Å². The Labute approximate surface area is 93.9 Å². The summed E-state index contributed by atoms with van der Waals surface area (Å²) < 4.78 is 5.39. The van der Waals surface area contributed by atoms with E-state index in [0.717, 1.165) is 12.2 Å². The number of rotatable bonds is 5. The molecule has 0 unspecified atom stereocenters. The van der Waals surface area contributed by atoms with Crippen molar-refractivity contribution in [2.24, 2.45) is 0 Å². The second-order valence-corrected chi connectivity index (χ2v) is 3.27. The number of nitrogens with zero attached hydrogens (tertiary/aromatic N) is 2. The SMILES string of the molecule is CCNCc1nnc(Nc2ccccc2)o1. The number of para-hydroxylation sites is 1. The molecule has 5 nitrogen and oxygen atoms in total. The van der Waals surface area contributed by atoms with Crippen molar-refractivity contribution in [1.29, 1.82) is 0 Å². The number of anilines is 2. The van der Waals surface area contributed by atoms with Crippen LogP contribution in [0.5, 0.6) is 0 Å². The fourth-order valence-electron chi connectivity index (χ4n) is 1.25. The predicted octanol–water partition coefficient (Wildman–Crippen LogP) is 1.92. The van der Waals surface area contributed by atoms with Gasteiger partial charge in [-0.25, -0.2) is 0 Å². The third kappa shape index (κ3) is 2.80. The lowest BCUT2D eigenvalue weighted by atomic mass is 10.3. The van der Waals surface area contributed by atoms with E-state index in [4.69, 9.17) is 4.42 Å². The average molecular weight is 218 g/mol. The fourth-order valence-corrected chi connectivity index (χ4v) is 1.25. The van der Waals surface area contributed by atoms with Gasteiger partial charge in [-0.05, 0) is 18.7 Å². The molecule has 0 bridgehead atoms. The van der Waals surface area contributed by atoms with E-state index in [9.17, 15) is 0 Å².